The van der Waals surface area contributed by atoms with E-state index in [9.17, 15) is 23.1 Å². The number of carbonyl (C=O) groups is 1. The van der Waals surface area contributed by atoms with E-state index in [1.807, 2.05) is 0 Å². The molecule has 2 N–H and O–H groups in total. The van der Waals surface area contributed by atoms with E-state index in [0.29, 0.717) is 0 Å². The number of aliphatic hydroxyl groups excluding tert-OH is 1. The number of alkyl halides is 3. The molecule has 1 heterocycles. The minimum atomic E-state index is -4.68. The number of aromatic nitrogens is 1. The lowest BCUT2D eigenvalue weighted by atomic mass is 10.1. The van der Waals surface area contributed by atoms with Gasteiger partial charge in [-0.2, -0.15) is 13.2 Å². The first-order valence-corrected chi connectivity index (χ1v) is 5.88. The number of halogens is 3. The molecule has 1 aliphatic carbocycles. The Bertz CT molecular complexity index is 472. The predicted octanol–water partition coefficient (Wildman–Crippen LogP) is 1.60. The van der Waals surface area contributed by atoms with Crippen molar-refractivity contribution in [3.8, 4) is 0 Å². The summed E-state index contributed by atoms with van der Waals surface area (Å²) in [5, 5.41) is 11.9. The summed E-state index contributed by atoms with van der Waals surface area (Å²) < 4.78 is 38.0. The monoisotopic (exact) mass is 274 g/mol. The highest BCUT2D eigenvalue weighted by atomic mass is 19.4. The van der Waals surface area contributed by atoms with E-state index in [-0.39, 0.29) is 12.5 Å². The molecule has 1 aromatic rings. The number of amides is 1. The molecule has 1 atom stereocenters. The predicted molar refractivity (Wildman–Crippen MR) is 60.3 cm³/mol. The van der Waals surface area contributed by atoms with Gasteiger partial charge in [0.15, 0.2) is 5.69 Å². The molecule has 0 saturated heterocycles. The van der Waals surface area contributed by atoms with E-state index in [1.54, 1.807) is 0 Å². The fraction of sp³-hybridized carbons (Fsp3) is 0.500. The topological polar surface area (TPSA) is 62.2 Å². The van der Waals surface area contributed by atoms with Crippen LogP contribution in [0.1, 0.15) is 28.9 Å². The largest absolute Gasteiger partial charge is 0.434 e. The third-order valence-corrected chi connectivity index (χ3v) is 2.96. The van der Waals surface area contributed by atoms with Gasteiger partial charge in [-0.05, 0) is 30.9 Å². The zero-order chi connectivity index (χ0) is 14.0. The van der Waals surface area contributed by atoms with Crippen LogP contribution < -0.4 is 5.32 Å². The maximum absolute atomic E-state index is 12.7. The van der Waals surface area contributed by atoms with Gasteiger partial charge in [0.05, 0.1) is 11.7 Å². The quantitative estimate of drug-likeness (QED) is 0.876. The van der Waals surface area contributed by atoms with E-state index in [1.165, 1.54) is 6.07 Å². The van der Waals surface area contributed by atoms with Crippen LogP contribution in [0.15, 0.2) is 18.3 Å². The summed E-state index contributed by atoms with van der Waals surface area (Å²) in [4.78, 5) is 14.9. The van der Waals surface area contributed by atoms with Crippen molar-refractivity contribution in [2.45, 2.75) is 25.1 Å². The van der Waals surface area contributed by atoms with Gasteiger partial charge in [0.2, 0.25) is 0 Å². The molecule has 0 aromatic carbocycles. The maximum atomic E-state index is 12.7. The van der Waals surface area contributed by atoms with Crippen molar-refractivity contribution in [3.05, 3.63) is 29.6 Å². The van der Waals surface area contributed by atoms with Crippen LogP contribution in [-0.4, -0.2) is 28.6 Å². The first-order valence-electron chi connectivity index (χ1n) is 5.88. The molecule has 0 bridgehead atoms. The first kappa shape index (κ1) is 13.8. The van der Waals surface area contributed by atoms with Crippen molar-refractivity contribution < 1.29 is 23.1 Å². The Balaban J connectivity index is 2.06. The third-order valence-electron chi connectivity index (χ3n) is 2.96. The van der Waals surface area contributed by atoms with E-state index < -0.39 is 29.4 Å². The molecule has 4 nitrogen and oxygen atoms in total. The van der Waals surface area contributed by atoms with Crippen molar-refractivity contribution >= 4 is 5.91 Å². The highest BCUT2D eigenvalue weighted by molar-refractivity contribution is 5.95. The van der Waals surface area contributed by atoms with Crippen molar-refractivity contribution in [1.29, 1.82) is 0 Å². The molecule has 1 aromatic heterocycles. The van der Waals surface area contributed by atoms with Crippen LogP contribution in [0.3, 0.4) is 0 Å². The van der Waals surface area contributed by atoms with Crippen LogP contribution >= 0.6 is 0 Å². The Morgan fingerprint density at radius 2 is 2.21 bits per heavy atom. The summed E-state index contributed by atoms with van der Waals surface area (Å²) in [5.74, 6) is -0.726. The van der Waals surface area contributed by atoms with Gasteiger partial charge in [-0.15, -0.1) is 0 Å². The number of aliphatic hydroxyl groups is 1. The van der Waals surface area contributed by atoms with Gasteiger partial charge in [0, 0.05) is 12.7 Å². The van der Waals surface area contributed by atoms with Crippen molar-refractivity contribution in [2.24, 2.45) is 5.92 Å². The smallest absolute Gasteiger partial charge is 0.391 e. The van der Waals surface area contributed by atoms with Crippen LogP contribution in [-0.2, 0) is 6.18 Å². The zero-order valence-electron chi connectivity index (χ0n) is 9.94. The van der Waals surface area contributed by atoms with Crippen LogP contribution in [0.5, 0.6) is 0 Å². The van der Waals surface area contributed by atoms with E-state index in [0.717, 1.165) is 25.1 Å². The van der Waals surface area contributed by atoms with Gasteiger partial charge in [-0.25, -0.2) is 0 Å². The number of nitrogens with zero attached hydrogens (tertiary/aromatic N) is 1. The molecule has 2 rings (SSSR count). The molecule has 0 spiro atoms. The van der Waals surface area contributed by atoms with Crippen LogP contribution in [0.4, 0.5) is 13.2 Å². The van der Waals surface area contributed by atoms with Gasteiger partial charge in [0.25, 0.3) is 5.91 Å². The van der Waals surface area contributed by atoms with Crippen LogP contribution in [0.2, 0.25) is 0 Å². The van der Waals surface area contributed by atoms with Gasteiger partial charge < -0.3 is 10.4 Å². The summed E-state index contributed by atoms with van der Waals surface area (Å²) >= 11 is 0. The average molecular weight is 274 g/mol. The van der Waals surface area contributed by atoms with Gasteiger partial charge in [0.1, 0.15) is 0 Å². The zero-order valence-corrected chi connectivity index (χ0v) is 9.94. The lowest BCUT2D eigenvalue weighted by Crippen LogP contribution is -2.34. The molecule has 1 fully saturated rings. The SMILES string of the molecule is O=C(NCC(O)C1CC1)c1cccnc1C(F)(F)F. The maximum Gasteiger partial charge on any atom is 0.434 e. The molecule has 19 heavy (non-hydrogen) atoms. The molecule has 1 amide bonds. The molecule has 7 heteroatoms. The minimum Gasteiger partial charge on any atom is -0.391 e. The summed E-state index contributed by atoms with van der Waals surface area (Å²) in [6, 6.07) is 2.33. The van der Waals surface area contributed by atoms with Gasteiger partial charge in [-0.3, -0.25) is 9.78 Å². The fourth-order valence-electron chi connectivity index (χ4n) is 1.75. The summed E-state index contributed by atoms with van der Waals surface area (Å²) in [7, 11) is 0. The van der Waals surface area contributed by atoms with Crippen molar-refractivity contribution in [1.82, 2.24) is 10.3 Å². The third kappa shape index (κ3) is 3.44. The Kier molecular flexibility index (Phi) is 3.75. The summed E-state index contributed by atoms with van der Waals surface area (Å²) in [6.45, 7) is -0.0459. The second kappa shape index (κ2) is 5.16. The van der Waals surface area contributed by atoms with Gasteiger partial charge in [-0.1, -0.05) is 0 Å². The average Bonchev–Trinajstić information content (AvgIpc) is 3.18. The standard InChI is InChI=1S/C12H13F3N2O2/c13-12(14,15)10-8(2-1-5-16-10)11(19)17-6-9(18)7-3-4-7/h1-2,5,7,9,18H,3-4,6H2,(H,17,19). The second-order valence-electron chi connectivity index (χ2n) is 4.51. The Morgan fingerprint density at radius 3 is 2.79 bits per heavy atom. The number of nitrogens with one attached hydrogen (secondary N) is 1. The molecule has 1 unspecified atom stereocenters. The number of hydrogen-bond donors (Lipinski definition) is 2. The molecule has 1 saturated carbocycles. The lowest BCUT2D eigenvalue weighted by molar-refractivity contribution is -0.141. The normalized spacial score (nSPS) is 17.1. The number of pyridine rings is 1. The Labute approximate surface area is 107 Å². The second-order valence-corrected chi connectivity index (χ2v) is 4.51. The Morgan fingerprint density at radius 1 is 1.53 bits per heavy atom. The van der Waals surface area contributed by atoms with E-state index in [4.69, 9.17) is 0 Å². The minimum absolute atomic E-state index is 0.0459. The highest BCUT2D eigenvalue weighted by Crippen LogP contribution is 2.32. The Hall–Kier alpha value is -1.63. The van der Waals surface area contributed by atoms with E-state index >= 15 is 0 Å². The number of hydrogen-bond acceptors (Lipinski definition) is 3. The van der Waals surface area contributed by atoms with Crippen LogP contribution in [0.25, 0.3) is 0 Å². The molecular weight excluding hydrogens is 261 g/mol. The molecular formula is C12H13F3N2O2. The molecule has 1 aliphatic rings. The first-order chi connectivity index (χ1) is 8.89. The molecule has 0 aliphatic heterocycles. The van der Waals surface area contributed by atoms with Crippen LogP contribution in [0, 0.1) is 5.92 Å². The van der Waals surface area contributed by atoms with Gasteiger partial charge >= 0.3 is 6.18 Å². The molecule has 0 radical (unpaired) electrons. The van der Waals surface area contributed by atoms with Crippen molar-refractivity contribution in [2.75, 3.05) is 6.54 Å². The number of rotatable bonds is 4. The van der Waals surface area contributed by atoms with E-state index in [2.05, 4.69) is 10.3 Å². The highest BCUT2D eigenvalue weighted by Gasteiger charge is 2.37. The fourth-order valence-corrected chi connectivity index (χ4v) is 1.75. The summed E-state index contributed by atoms with van der Waals surface area (Å²) in [5.41, 5.74) is -1.74. The molecule has 104 valence electrons. The summed E-state index contributed by atoms with van der Waals surface area (Å²) in [6.07, 6.45) is -2.62. The number of carbonyl (C=O) groups excluding carboxylic acids is 1. The lowest BCUT2D eigenvalue weighted by Gasteiger charge is -2.13. The van der Waals surface area contributed by atoms with Crippen molar-refractivity contribution in [3.63, 3.8) is 0 Å².